The van der Waals surface area contributed by atoms with Crippen molar-refractivity contribution < 1.29 is 0 Å². The van der Waals surface area contributed by atoms with Gasteiger partial charge in [-0.2, -0.15) is 0 Å². The van der Waals surface area contributed by atoms with Gasteiger partial charge in [0.25, 0.3) is 0 Å². The Bertz CT molecular complexity index is 819. The SMILES string of the molecule is Cc1ccccc1C1C=Cc2cccc3cccc1c23. The highest BCUT2D eigenvalue weighted by Crippen LogP contribution is 2.38. The van der Waals surface area contributed by atoms with E-state index in [4.69, 9.17) is 0 Å². The van der Waals surface area contributed by atoms with Crippen LogP contribution in [-0.2, 0) is 0 Å². The molecule has 0 heteroatoms. The molecule has 20 heavy (non-hydrogen) atoms. The fourth-order valence-electron chi connectivity index (χ4n) is 3.31. The van der Waals surface area contributed by atoms with E-state index >= 15 is 0 Å². The van der Waals surface area contributed by atoms with Crippen molar-refractivity contribution in [3.8, 4) is 0 Å². The first-order valence-electron chi connectivity index (χ1n) is 7.10. The van der Waals surface area contributed by atoms with E-state index in [1.54, 1.807) is 0 Å². The maximum Gasteiger partial charge on any atom is 0.0281 e. The van der Waals surface area contributed by atoms with Crippen molar-refractivity contribution in [1.82, 2.24) is 0 Å². The van der Waals surface area contributed by atoms with Crippen LogP contribution in [0.3, 0.4) is 0 Å². The molecule has 3 aromatic rings. The lowest BCUT2D eigenvalue weighted by Gasteiger charge is -2.23. The standard InChI is InChI=1S/C20H16/c1-14-6-2-3-10-17(14)18-13-12-16-8-4-7-15-9-5-11-19(18)20(15)16/h2-13,18H,1H3. The number of allylic oxidation sites excluding steroid dienone is 1. The second-order valence-corrected chi connectivity index (χ2v) is 5.49. The van der Waals surface area contributed by atoms with Crippen LogP contribution in [0.25, 0.3) is 16.8 Å². The topological polar surface area (TPSA) is 0 Å². The van der Waals surface area contributed by atoms with Gasteiger partial charge in [0, 0.05) is 5.92 Å². The molecule has 1 aliphatic rings. The van der Waals surface area contributed by atoms with Crippen LogP contribution in [0.2, 0.25) is 0 Å². The molecule has 1 atom stereocenters. The molecule has 1 aliphatic carbocycles. The van der Waals surface area contributed by atoms with Crippen LogP contribution in [0.1, 0.15) is 28.2 Å². The van der Waals surface area contributed by atoms with Gasteiger partial charge in [-0.3, -0.25) is 0 Å². The van der Waals surface area contributed by atoms with Gasteiger partial charge in [0.15, 0.2) is 0 Å². The second kappa shape index (κ2) is 4.35. The molecule has 0 nitrogen and oxygen atoms in total. The lowest BCUT2D eigenvalue weighted by atomic mass is 9.81. The Morgan fingerprint density at radius 3 is 2.35 bits per heavy atom. The van der Waals surface area contributed by atoms with Crippen LogP contribution in [0, 0.1) is 6.92 Å². The van der Waals surface area contributed by atoms with Gasteiger partial charge in [-0.25, -0.2) is 0 Å². The Labute approximate surface area is 119 Å². The first-order chi connectivity index (χ1) is 9.84. The summed E-state index contributed by atoms with van der Waals surface area (Å²) in [5, 5.41) is 2.74. The fraction of sp³-hybridized carbons (Fsp3) is 0.100. The number of benzene rings is 3. The van der Waals surface area contributed by atoms with E-state index < -0.39 is 0 Å². The number of aryl methyl sites for hydroxylation is 1. The van der Waals surface area contributed by atoms with E-state index in [9.17, 15) is 0 Å². The zero-order chi connectivity index (χ0) is 13.5. The summed E-state index contributed by atoms with van der Waals surface area (Å²) in [5.74, 6) is 0.370. The molecule has 0 aliphatic heterocycles. The lowest BCUT2D eigenvalue weighted by Crippen LogP contribution is -2.04. The zero-order valence-corrected chi connectivity index (χ0v) is 11.5. The summed E-state index contributed by atoms with van der Waals surface area (Å²) in [7, 11) is 0. The largest absolute Gasteiger partial charge is 0.0720 e. The second-order valence-electron chi connectivity index (χ2n) is 5.49. The van der Waals surface area contributed by atoms with Crippen LogP contribution in [0.4, 0.5) is 0 Å². The monoisotopic (exact) mass is 256 g/mol. The van der Waals surface area contributed by atoms with E-state index in [2.05, 4.69) is 79.7 Å². The Kier molecular flexibility index (Phi) is 2.50. The van der Waals surface area contributed by atoms with E-state index in [1.807, 2.05) is 0 Å². The third-order valence-electron chi connectivity index (χ3n) is 4.30. The summed E-state index contributed by atoms with van der Waals surface area (Å²) in [6, 6.07) is 21.9. The zero-order valence-electron chi connectivity index (χ0n) is 11.5. The molecule has 0 amide bonds. The maximum absolute atomic E-state index is 2.33. The number of hydrogen-bond acceptors (Lipinski definition) is 0. The summed E-state index contributed by atoms with van der Waals surface area (Å²) < 4.78 is 0. The van der Waals surface area contributed by atoms with Crippen molar-refractivity contribution in [1.29, 1.82) is 0 Å². The average Bonchev–Trinajstić information content (AvgIpc) is 2.49. The van der Waals surface area contributed by atoms with E-state index in [1.165, 1.54) is 33.0 Å². The molecule has 0 heterocycles. The molecule has 0 saturated heterocycles. The van der Waals surface area contributed by atoms with Crippen molar-refractivity contribution >= 4 is 16.8 Å². The van der Waals surface area contributed by atoms with E-state index in [0.717, 1.165) is 0 Å². The molecule has 0 radical (unpaired) electrons. The number of rotatable bonds is 1. The summed E-state index contributed by atoms with van der Waals surface area (Å²) in [4.78, 5) is 0. The van der Waals surface area contributed by atoms with Gasteiger partial charge in [0.1, 0.15) is 0 Å². The molecule has 0 saturated carbocycles. The van der Waals surface area contributed by atoms with Gasteiger partial charge in [0.2, 0.25) is 0 Å². The summed E-state index contributed by atoms with van der Waals surface area (Å²) >= 11 is 0. The maximum atomic E-state index is 2.33. The Hall–Kier alpha value is -2.34. The third-order valence-corrected chi connectivity index (χ3v) is 4.30. The molecule has 1 unspecified atom stereocenters. The van der Waals surface area contributed by atoms with Crippen LogP contribution in [-0.4, -0.2) is 0 Å². The van der Waals surface area contributed by atoms with Gasteiger partial charge in [-0.1, -0.05) is 72.8 Å². The van der Waals surface area contributed by atoms with E-state index in [-0.39, 0.29) is 0 Å². The molecule has 0 bridgehead atoms. The minimum Gasteiger partial charge on any atom is -0.0720 e. The predicted octanol–water partition coefficient (Wildman–Crippen LogP) is 5.31. The van der Waals surface area contributed by atoms with Crippen LogP contribution in [0.15, 0.2) is 66.7 Å². The minimum absolute atomic E-state index is 0.370. The molecule has 0 N–H and O–H groups in total. The summed E-state index contributed by atoms with van der Waals surface area (Å²) in [6.45, 7) is 2.20. The minimum atomic E-state index is 0.370. The molecule has 96 valence electrons. The highest BCUT2D eigenvalue weighted by molar-refractivity contribution is 5.96. The number of hydrogen-bond donors (Lipinski definition) is 0. The molecule has 4 rings (SSSR count). The van der Waals surface area contributed by atoms with E-state index in [0.29, 0.717) is 5.92 Å². The average molecular weight is 256 g/mol. The predicted molar refractivity (Wildman–Crippen MR) is 86.0 cm³/mol. The first-order valence-corrected chi connectivity index (χ1v) is 7.10. The molecular formula is C20H16. The third kappa shape index (κ3) is 1.61. The molecular weight excluding hydrogens is 240 g/mol. The Morgan fingerprint density at radius 1 is 0.750 bits per heavy atom. The van der Waals surface area contributed by atoms with Crippen LogP contribution >= 0.6 is 0 Å². The van der Waals surface area contributed by atoms with Crippen molar-refractivity contribution in [3.05, 3.63) is 89.0 Å². The smallest absolute Gasteiger partial charge is 0.0281 e. The van der Waals surface area contributed by atoms with Gasteiger partial charge in [-0.15, -0.1) is 0 Å². The van der Waals surface area contributed by atoms with Gasteiger partial charge in [0.05, 0.1) is 0 Å². The summed E-state index contributed by atoms with van der Waals surface area (Å²) in [5.41, 5.74) is 5.53. The van der Waals surface area contributed by atoms with Crippen LogP contribution < -0.4 is 0 Å². The van der Waals surface area contributed by atoms with Crippen molar-refractivity contribution in [2.45, 2.75) is 12.8 Å². The lowest BCUT2D eigenvalue weighted by molar-refractivity contribution is 1.02. The van der Waals surface area contributed by atoms with Crippen molar-refractivity contribution in [3.63, 3.8) is 0 Å². The van der Waals surface area contributed by atoms with Crippen molar-refractivity contribution in [2.24, 2.45) is 0 Å². The van der Waals surface area contributed by atoms with Crippen LogP contribution in [0.5, 0.6) is 0 Å². The van der Waals surface area contributed by atoms with Gasteiger partial charge < -0.3 is 0 Å². The Balaban J connectivity index is 2.01. The fourth-order valence-corrected chi connectivity index (χ4v) is 3.31. The van der Waals surface area contributed by atoms with Gasteiger partial charge in [-0.05, 0) is 39.9 Å². The molecule has 0 spiro atoms. The van der Waals surface area contributed by atoms with Gasteiger partial charge >= 0.3 is 0 Å². The Morgan fingerprint density at radius 2 is 1.50 bits per heavy atom. The first kappa shape index (κ1) is 11.5. The summed E-state index contributed by atoms with van der Waals surface area (Å²) in [6.07, 6.45) is 4.60. The highest BCUT2D eigenvalue weighted by Gasteiger charge is 2.19. The van der Waals surface area contributed by atoms with Crippen molar-refractivity contribution in [2.75, 3.05) is 0 Å². The highest BCUT2D eigenvalue weighted by atomic mass is 14.2. The normalized spacial score (nSPS) is 16.6. The quantitative estimate of drug-likeness (QED) is 0.553. The molecule has 0 fully saturated rings. The molecule has 0 aromatic heterocycles. The molecule has 3 aromatic carbocycles.